The van der Waals surface area contributed by atoms with Crippen molar-refractivity contribution in [1.82, 2.24) is 9.78 Å². The van der Waals surface area contributed by atoms with E-state index in [0.717, 1.165) is 12.1 Å². The lowest BCUT2D eigenvalue weighted by atomic mass is 10.1. The van der Waals surface area contributed by atoms with E-state index in [-0.39, 0.29) is 39.5 Å². The predicted octanol–water partition coefficient (Wildman–Crippen LogP) is 3.23. The van der Waals surface area contributed by atoms with Crippen LogP contribution >= 0.6 is 15.9 Å². The number of hydrogen-bond acceptors (Lipinski definition) is 8. The van der Waals surface area contributed by atoms with E-state index in [1.165, 1.54) is 29.1 Å². The summed E-state index contributed by atoms with van der Waals surface area (Å²) in [6.45, 7) is 0.0424. The number of nitrogens with zero attached hydrogens (tertiary/aromatic N) is 5. The topological polar surface area (TPSA) is 170 Å². The van der Waals surface area contributed by atoms with Crippen molar-refractivity contribution in [3.63, 3.8) is 0 Å². The third-order valence-electron chi connectivity index (χ3n) is 3.66. The maximum Gasteiger partial charge on any atom is 0.404 e. The number of benzene rings is 1. The molecule has 146 valence electrons. The zero-order chi connectivity index (χ0) is 21.1. The molecule has 0 saturated carbocycles. The first-order chi connectivity index (χ1) is 13.8. The van der Waals surface area contributed by atoms with Crippen LogP contribution in [0.3, 0.4) is 0 Å². The molecular formula is C16H9BrN6O6. The van der Waals surface area contributed by atoms with Gasteiger partial charge in [0.1, 0.15) is 22.8 Å². The number of non-ortho nitro benzene ring substituents is 1. The third kappa shape index (κ3) is 4.28. The molecule has 29 heavy (non-hydrogen) atoms. The second-order valence-corrected chi connectivity index (χ2v) is 6.43. The Kier molecular flexibility index (Phi) is 5.37. The molecule has 0 spiro atoms. The number of amides is 1. The number of carbonyl (C=O) groups excluding carboxylic acids is 1. The van der Waals surface area contributed by atoms with Gasteiger partial charge in [0, 0.05) is 12.1 Å². The van der Waals surface area contributed by atoms with Crippen molar-refractivity contribution in [3.05, 3.63) is 78.3 Å². The molecule has 1 N–H and O–H groups in total. The molecule has 1 aromatic carbocycles. The first kappa shape index (κ1) is 19.7. The summed E-state index contributed by atoms with van der Waals surface area (Å²) in [6, 6.07) is 8.12. The van der Waals surface area contributed by atoms with E-state index < -0.39 is 15.8 Å². The highest BCUT2D eigenvalue weighted by Gasteiger charge is 2.20. The monoisotopic (exact) mass is 460 g/mol. The summed E-state index contributed by atoms with van der Waals surface area (Å²) in [5.74, 6) is -0.793. The number of anilines is 1. The molecule has 0 fully saturated rings. The van der Waals surface area contributed by atoms with Crippen LogP contribution in [0, 0.1) is 31.6 Å². The minimum atomic E-state index is -0.672. The van der Waals surface area contributed by atoms with Gasteiger partial charge in [-0.25, -0.2) is 0 Å². The molecule has 2 heterocycles. The molecule has 12 nitrogen and oxygen atoms in total. The van der Waals surface area contributed by atoms with Crippen LogP contribution in [0.1, 0.15) is 21.9 Å². The van der Waals surface area contributed by atoms with Gasteiger partial charge in [0.05, 0.1) is 27.5 Å². The standard InChI is InChI=1S/C16H9BrN6O6/c17-12-8-21(20-15(12)23(27)28)7-11-2-4-14(29-11)16(24)19-13-3-1-10(22(25)26)5-9(13)6-18/h1-5,8H,7H2,(H,19,24). The van der Waals surface area contributed by atoms with Crippen LogP contribution in [0.5, 0.6) is 0 Å². The quantitative estimate of drug-likeness (QED) is 0.431. The maximum absolute atomic E-state index is 12.3. The van der Waals surface area contributed by atoms with Crippen molar-refractivity contribution in [2.75, 3.05) is 5.32 Å². The molecular weight excluding hydrogens is 452 g/mol. The van der Waals surface area contributed by atoms with Gasteiger partial charge in [0.15, 0.2) is 5.76 Å². The van der Waals surface area contributed by atoms with E-state index >= 15 is 0 Å². The molecule has 3 aromatic rings. The lowest BCUT2D eigenvalue weighted by Gasteiger charge is -2.05. The fraction of sp³-hybridized carbons (Fsp3) is 0.0625. The zero-order valence-corrected chi connectivity index (χ0v) is 15.8. The second-order valence-electron chi connectivity index (χ2n) is 5.57. The van der Waals surface area contributed by atoms with E-state index in [0.29, 0.717) is 5.76 Å². The average Bonchev–Trinajstić information content (AvgIpc) is 3.28. The van der Waals surface area contributed by atoms with Gasteiger partial charge in [0.25, 0.3) is 11.6 Å². The van der Waals surface area contributed by atoms with Crippen LogP contribution in [0.15, 0.2) is 45.4 Å². The van der Waals surface area contributed by atoms with Crippen molar-refractivity contribution in [2.24, 2.45) is 0 Å². The summed E-state index contributed by atoms with van der Waals surface area (Å²) in [5, 5.41) is 37.0. The van der Waals surface area contributed by atoms with Gasteiger partial charge in [-0.15, -0.1) is 0 Å². The Balaban J connectivity index is 1.75. The van der Waals surface area contributed by atoms with Crippen LogP contribution in [0.2, 0.25) is 0 Å². The van der Waals surface area contributed by atoms with E-state index in [4.69, 9.17) is 9.68 Å². The Morgan fingerprint density at radius 1 is 1.28 bits per heavy atom. The van der Waals surface area contributed by atoms with Gasteiger partial charge in [-0.3, -0.25) is 14.9 Å². The molecule has 0 aliphatic rings. The number of nitro groups is 2. The second kappa shape index (κ2) is 7.90. The molecule has 0 radical (unpaired) electrons. The highest BCUT2D eigenvalue weighted by atomic mass is 79.9. The van der Waals surface area contributed by atoms with Gasteiger partial charge in [-0.05, 0) is 39.1 Å². The van der Waals surface area contributed by atoms with E-state index in [1.54, 1.807) is 6.07 Å². The summed E-state index contributed by atoms with van der Waals surface area (Å²) in [4.78, 5) is 32.7. The molecule has 3 rings (SSSR count). The van der Waals surface area contributed by atoms with E-state index in [1.807, 2.05) is 0 Å². The number of furan rings is 1. The van der Waals surface area contributed by atoms with Gasteiger partial charge < -0.3 is 19.8 Å². The van der Waals surface area contributed by atoms with Crippen LogP contribution in [-0.2, 0) is 6.54 Å². The van der Waals surface area contributed by atoms with Gasteiger partial charge in [-0.2, -0.15) is 9.94 Å². The number of nitriles is 1. The van der Waals surface area contributed by atoms with Crippen molar-refractivity contribution < 1.29 is 19.1 Å². The normalized spacial score (nSPS) is 10.3. The molecule has 0 unspecified atom stereocenters. The van der Waals surface area contributed by atoms with Crippen molar-refractivity contribution in [1.29, 1.82) is 5.26 Å². The molecule has 1 amide bonds. The number of aromatic nitrogens is 2. The highest BCUT2D eigenvalue weighted by molar-refractivity contribution is 9.10. The summed E-state index contributed by atoms with van der Waals surface area (Å²) < 4.78 is 6.89. The Bertz CT molecular complexity index is 1180. The summed E-state index contributed by atoms with van der Waals surface area (Å²) >= 11 is 3.04. The molecule has 2 aromatic heterocycles. The number of carbonyl (C=O) groups is 1. The van der Waals surface area contributed by atoms with Crippen LogP contribution in [0.25, 0.3) is 0 Å². The number of nitrogens with one attached hydrogen (secondary N) is 1. The summed E-state index contributed by atoms with van der Waals surface area (Å²) in [7, 11) is 0. The number of hydrogen-bond donors (Lipinski definition) is 1. The SMILES string of the molecule is N#Cc1cc([N+](=O)[O-])ccc1NC(=O)c1ccc(Cn2cc(Br)c([N+](=O)[O-])n2)o1. The van der Waals surface area contributed by atoms with Crippen LogP contribution < -0.4 is 5.32 Å². The zero-order valence-electron chi connectivity index (χ0n) is 14.2. The number of rotatable bonds is 6. The molecule has 13 heteroatoms. The van der Waals surface area contributed by atoms with Crippen molar-refractivity contribution in [3.8, 4) is 6.07 Å². The average molecular weight is 461 g/mol. The Morgan fingerprint density at radius 3 is 2.66 bits per heavy atom. The van der Waals surface area contributed by atoms with Crippen LogP contribution in [-0.4, -0.2) is 25.5 Å². The number of halogens is 1. The largest absolute Gasteiger partial charge is 0.454 e. The minimum absolute atomic E-state index is 0.0424. The maximum atomic E-state index is 12.3. The fourth-order valence-electron chi connectivity index (χ4n) is 2.37. The van der Waals surface area contributed by atoms with Crippen LogP contribution in [0.4, 0.5) is 17.2 Å². The van der Waals surface area contributed by atoms with Crippen molar-refractivity contribution in [2.45, 2.75) is 6.54 Å². The molecule has 0 bridgehead atoms. The predicted molar refractivity (Wildman–Crippen MR) is 100 cm³/mol. The molecule has 0 aliphatic heterocycles. The van der Waals surface area contributed by atoms with Gasteiger partial charge >= 0.3 is 5.82 Å². The first-order valence-electron chi connectivity index (χ1n) is 7.74. The Hall–Kier alpha value is -4.05. The van der Waals surface area contributed by atoms with E-state index in [9.17, 15) is 25.0 Å². The Labute approximate surface area is 169 Å². The first-order valence-corrected chi connectivity index (χ1v) is 8.53. The molecule has 0 aliphatic carbocycles. The Morgan fingerprint density at radius 2 is 2.03 bits per heavy atom. The molecule has 0 saturated heterocycles. The molecule has 0 atom stereocenters. The lowest BCUT2D eigenvalue weighted by molar-refractivity contribution is -0.390. The van der Waals surface area contributed by atoms with Crippen molar-refractivity contribution >= 4 is 39.0 Å². The summed E-state index contributed by atoms with van der Waals surface area (Å²) in [5.41, 5.74) is -0.264. The third-order valence-corrected chi connectivity index (χ3v) is 4.22. The van der Waals surface area contributed by atoms with Gasteiger partial charge in [0.2, 0.25) is 0 Å². The smallest absolute Gasteiger partial charge is 0.404 e. The van der Waals surface area contributed by atoms with E-state index in [2.05, 4.69) is 26.3 Å². The van der Waals surface area contributed by atoms with Gasteiger partial charge in [-0.1, -0.05) is 0 Å². The highest BCUT2D eigenvalue weighted by Crippen LogP contribution is 2.24. The minimum Gasteiger partial charge on any atom is -0.454 e. The fourth-order valence-corrected chi connectivity index (χ4v) is 2.83. The summed E-state index contributed by atoms with van der Waals surface area (Å²) in [6.07, 6.45) is 1.40. The number of nitro benzene ring substituents is 1. The lowest BCUT2D eigenvalue weighted by Crippen LogP contribution is -2.12.